The van der Waals surface area contributed by atoms with Crippen LogP contribution in [-0.2, 0) is 0 Å². The topological polar surface area (TPSA) is 91.7 Å². The first-order chi connectivity index (χ1) is 9.78. The molecule has 0 fully saturated rings. The molecule has 0 bridgehead atoms. The maximum absolute atomic E-state index is 6.00. The van der Waals surface area contributed by atoms with E-state index in [2.05, 4.69) is 20.2 Å². The van der Waals surface area contributed by atoms with Gasteiger partial charge in [-0.1, -0.05) is 6.07 Å². The molecule has 0 spiro atoms. The third kappa shape index (κ3) is 2.45. The molecule has 0 aliphatic heterocycles. The predicted octanol–water partition coefficient (Wildman–Crippen LogP) is 1.67. The summed E-state index contributed by atoms with van der Waals surface area (Å²) < 4.78 is 6.48. The minimum Gasteiger partial charge on any atom is -0.481 e. The highest BCUT2D eigenvalue weighted by atomic mass is 32.2. The highest BCUT2D eigenvalue weighted by Gasteiger charge is 2.14. The number of thiophene rings is 1. The molecule has 0 amide bonds. The summed E-state index contributed by atoms with van der Waals surface area (Å²) >= 11 is 2.78. The Kier molecular flexibility index (Phi) is 3.52. The van der Waals surface area contributed by atoms with Gasteiger partial charge in [-0.25, -0.2) is 9.66 Å². The third-order valence-electron chi connectivity index (χ3n) is 2.41. The van der Waals surface area contributed by atoms with Gasteiger partial charge in [0.15, 0.2) is 11.0 Å². The van der Waals surface area contributed by atoms with Gasteiger partial charge in [0.1, 0.15) is 0 Å². The van der Waals surface area contributed by atoms with Crippen molar-refractivity contribution in [2.45, 2.75) is 10.3 Å². The maximum Gasteiger partial charge on any atom is 0.217 e. The highest BCUT2D eigenvalue weighted by Crippen LogP contribution is 2.28. The lowest BCUT2D eigenvalue weighted by Gasteiger charge is -2.02. The van der Waals surface area contributed by atoms with Crippen LogP contribution in [0.2, 0.25) is 0 Å². The molecular weight excluding hydrogens is 296 g/mol. The predicted molar refractivity (Wildman–Crippen MR) is 76.2 cm³/mol. The molecular formula is C11H10N6OS2. The zero-order valence-electron chi connectivity index (χ0n) is 10.4. The lowest BCUT2D eigenvalue weighted by molar-refractivity contribution is 0.392. The van der Waals surface area contributed by atoms with E-state index in [4.69, 9.17) is 10.6 Å². The molecule has 0 aliphatic rings. The molecule has 20 heavy (non-hydrogen) atoms. The minimum atomic E-state index is 0.490. The minimum absolute atomic E-state index is 0.490. The van der Waals surface area contributed by atoms with Crippen LogP contribution >= 0.6 is 23.1 Å². The van der Waals surface area contributed by atoms with Crippen LogP contribution in [0, 0.1) is 0 Å². The molecule has 0 atom stereocenters. The van der Waals surface area contributed by atoms with Gasteiger partial charge in [-0.15, -0.1) is 21.5 Å². The fourth-order valence-corrected chi connectivity index (χ4v) is 2.87. The molecule has 0 saturated carbocycles. The summed E-state index contributed by atoms with van der Waals surface area (Å²) in [6.45, 7) is 0. The number of aromatic nitrogens is 5. The summed E-state index contributed by atoms with van der Waals surface area (Å²) in [5, 5.41) is 11.1. The van der Waals surface area contributed by atoms with Crippen molar-refractivity contribution in [2.75, 3.05) is 13.0 Å². The Bertz CT molecular complexity index is 712. The monoisotopic (exact) mass is 306 g/mol. The quantitative estimate of drug-likeness (QED) is 0.579. The molecule has 7 nitrogen and oxygen atoms in total. The molecule has 3 rings (SSSR count). The molecule has 2 N–H and O–H groups in total. The van der Waals surface area contributed by atoms with Gasteiger partial charge in [0, 0.05) is 12.3 Å². The Morgan fingerprint density at radius 3 is 3.00 bits per heavy atom. The average molecular weight is 306 g/mol. The molecule has 0 radical (unpaired) electrons. The van der Waals surface area contributed by atoms with Crippen molar-refractivity contribution in [1.82, 2.24) is 24.8 Å². The molecule has 3 heterocycles. The summed E-state index contributed by atoms with van der Waals surface area (Å²) in [5.74, 6) is 7.11. The molecule has 0 saturated heterocycles. The van der Waals surface area contributed by atoms with Gasteiger partial charge < -0.3 is 10.6 Å². The first kappa shape index (κ1) is 12.9. The van der Waals surface area contributed by atoms with E-state index in [1.54, 1.807) is 30.7 Å². The summed E-state index contributed by atoms with van der Waals surface area (Å²) in [6, 6.07) is 5.55. The van der Waals surface area contributed by atoms with Crippen molar-refractivity contribution in [3.63, 3.8) is 0 Å². The van der Waals surface area contributed by atoms with Gasteiger partial charge in [0.2, 0.25) is 11.0 Å². The lowest BCUT2D eigenvalue weighted by atomic mass is 10.4. The zero-order chi connectivity index (χ0) is 13.9. The van der Waals surface area contributed by atoms with Crippen molar-refractivity contribution in [3.05, 3.63) is 29.8 Å². The second kappa shape index (κ2) is 5.47. The Morgan fingerprint density at radius 1 is 1.35 bits per heavy atom. The first-order valence-electron chi connectivity index (χ1n) is 5.57. The molecule has 9 heteroatoms. The van der Waals surface area contributed by atoms with Crippen LogP contribution in [0.4, 0.5) is 0 Å². The number of ether oxygens (including phenoxy) is 1. The SMILES string of the molecule is COc1ccnc(Sc2nnc(-c3cccs3)n2N)n1. The molecule has 0 unspecified atom stereocenters. The van der Waals surface area contributed by atoms with E-state index in [9.17, 15) is 0 Å². The number of hydrogen-bond donors (Lipinski definition) is 1. The van der Waals surface area contributed by atoms with Crippen molar-refractivity contribution in [1.29, 1.82) is 0 Å². The van der Waals surface area contributed by atoms with Crippen LogP contribution in [0.25, 0.3) is 10.7 Å². The van der Waals surface area contributed by atoms with Gasteiger partial charge in [-0.2, -0.15) is 4.98 Å². The van der Waals surface area contributed by atoms with Crippen molar-refractivity contribution in [2.24, 2.45) is 0 Å². The van der Waals surface area contributed by atoms with E-state index < -0.39 is 0 Å². The van der Waals surface area contributed by atoms with Crippen LogP contribution in [-0.4, -0.2) is 32.0 Å². The number of methoxy groups -OCH3 is 1. The maximum atomic E-state index is 6.00. The van der Waals surface area contributed by atoms with Crippen molar-refractivity contribution in [3.8, 4) is 16.6 Å². The van der Waals surface area contributed by atoms with Crippen molar-refractivity contribution < 1.29 is 4.74 Å². The number of rotatable bonds is 4. The molecule has 0 aromatic carbocycles. The van der Waals surface area contributed by atoms with Crippen LogP contribution in [0.5, 0.6) is 5.88 Å². The van der Waals surface area contributed by atoms with Gasteiger partial charge in [0.25, 0.3) is 0 Å². The normalized spacial score (nSPS) is 10.7. The fraction of sp³-hybridized carbons (Fsp3) is 0.0909. The van der Waals surface area contributed by atoms with E-state index >= 15 is 0 Å². The summed E-state index contributed by atoms with van der Waals surface area (Å²) in [7, 11) is 1.55. The van der Waals surface area contributed by atoms with Gasteiger partial charge in [-0.05, 0) is 23.2 Å². The number of nitrogens with zero attached hydrogens (tertiary/aromatic N) is 5. The molecule has 3 aromatic rings. The van der Waals surface area contributed by atoms with Crippen LogP contribution < -0.4 is 10.6 Å². The van der Waals surface area contributed by atoms with Gasteiger partial charge >= 0.3 is 0 Å². The summed E-state index contributed by atoms with van der Waals surface area (Å²) in [6.07, 6.45) is 1.62. The van der Waals surface area contributed by atoms with E-state index in [0.29, 0.717) is 22.0 Å². The fourth-order valence-electron chi connectivity index (χ4n) is 1.49. The Balaban J connectivity index is 1.88. The second-order valence-electron chi connectivity index (χ2n) is 3.64. The Morgan fingerprint density at radius 2 is 2.25 bits per heavy atom. The number of nitrogen functional groups attached to an aromatic ring is 1. The first-order valence-corrected chi connectivity index (χ1v) is 7.27. The zero-order valence-corrected chi connectivity index (χ0v) is 12.1. The summed E-state index contributed by atoms with van der Waals surface area (Å²) in [4.78, 5) is 9.29. The standard InChI is InChI=1S/C11H10N6OS2/c1-18-8-4-5-13-10(14-8)20-11-16-15-9(17(11)12)7-3-2-6-19-7/h2-6H,12H2,1H3. The van der Waals surface area contributed by atoms with E-state index in [0.717, 1.165) is 4.88 Å². The van der Waals surface area contributed by atoms with Crippen LogP contribution in [0.1, 0.15) is 0 Å². The van der Waals surface area contributed by atoms with Crippen LogP contribution in [0.3, 0.4) is 0 Å². The molecule has 3 aromatic heterocycles. The smallest absolute Gasteiger partial charge is 0.217 e. The van der Waals surface area contributed by atoms with Crippen LogP contribution in [0.15, 0.2) is 40.1 Å². The van der Waals surface area contributed by atoms with Crippen molar-refractivity contribution >= 4 is 23.1 Å². The molecule has 0 aliphatic carbocycles. The number of nitrogens with two attached hydrogens (primary N) is 1. The van der Waals surface area contributed by atoms with E-state index in [1.807, 2.05) is 17.5 Å². The largest absolute Gasteiger partial charge is 0.481 e. The van der Waals surface area contributed by atoms with Gasteiger partial charge in [-0.3, -0.25) is 0 Å². The third-order valence-corrected chi connectivity index (χ3v) is 4.11. The second-order valence-corrected chi connectivity index (χ2v) is 5.52. The molecule has 102 valence electrons. The van der Waals surface area contributed by atoms with E-state index in [1.165, 1.54) is 16.4 Å². The Hall–Kier alpha value is -2.13. The highest BCUT2D eigenvalue weighted by molar-refractivity contribution is 7.99. The average Bonchev–Trinajstić information content (AvgIpc) is 3.10. The summed E-state index contributed by atoms with van der Waals surface area (Å²) in [5.41, 5.74) is 0. The Labute approximate surface area is 122 Å². The lowest BCUT2D eigenvalue weighted by Crippen LogP contribution is -2.11. The number of hydrogen-bond acceptors (Lipinski definition) is 8. The van der Waals surface area contributed by atoms with E-state index in [-0.39, 0.29) is 0 Å². The van der Waals surface area contributed by atoms with Gasteiger partial charge in [0.05, 0.1) is 12.0 Å².